The van der Waals surface area contributed by atoms with Crippen LogP contribution in [0.3, 0.4) is 0 Å². The zero-order valence-electron chi connectivity index (χ0n) is 8.03. The molecule has 1 fully saturated rings. The summed E-state index contributed by atoms with van der Waals surface area (Å²) in [7, 11) is 0. The summed E-state index contributed by atoms with van der Waals surface area (Å²) in [5.74, 6) is 0.830. The smallest absolute Gasteiger partial charge is 0.0593 e. The Morgan fingerprint density at radius 1 is 1.42 bits per heavy atom. The van der Waals surface area contributed by atoms with Gasteiger partial charge in [-0.25, -0.2) is 0 Å². The Bertz CT molecular complexity index is 134. The molecule has 0 aromatic heterocycles. The van der Waals surface area contributed by atoms with Crippen LogP contribution in [0.25, 0.3) is 0 Å². The van der Waals surface area contributed by atoms with E-state index in [9.17, 15) is 10.2 Å². The van der Waals surface area contributed by atoms with E-state index in [1.807, 2.05) is 0 Å². The monoisotopic (exact) mass is 172 g/mol. The third-order valence-corrected chi connectivity index (χ3v) is 3.17. The van der Waals surface area contributed by atoms with Crippen LogP contribution in [0.4, 0.5) is 0 Å². The standard InChI is InChI=1S/C10H20O2/c1-3-8-4-5-10(12)9(6-8)7(2)11/h7-12H,3-6H2,1-2H3. The summed E-state index contributed by atoms with van der Waals surface area (Å²) in [6, 6.07) is 0. The lowest BCUT2D eigenvalue weighted by molar-refractivity contribution is -0.0197. The summed E-state index contributed by atoms with van der Waals surface area (Å²) in [5.41, 5.74) is 0. The van der Waals surface area contributed by atoms with E-state index in [0.29, 0.717) is 5.92 Å². The molecule has 0 saturated heterocycles. The van der Waals surface area contributed by atoms with Crippen molar-refractivity contribution in [3.8, 4) is 0 Å². The normalized spacial score (nSPS) is 39.5. The maximum Gasteiger partial charge on any atom is 0.0593 e. The quantitative estimate of drug-likeness (QED) is 0.663. The van der Waals surface area contributed by atoms with E-state index in [-0.39, 0.29) is 18.1 Å². The van der Waals surface area contributed by atoms with Crippen LogP contribution < -0.4 is 0 Å². The molecule has 1 rings (SSSR count). The van der Waals surface area contributed by atoms with Gasteiger partial charge in [0.1, 0.15) is 0 Å². The number of aliphatic hydroxyl groups is 2. The first-order valence-corrected chi connectivity index (χ1v) is 5.01. The summed E-state index contributed by atoms with van der Waals surface area (Å²) in [5, 5.41) is 19.0. The fourth-order valence-electron chi connectivity index (χ4n) is 2.17. The van der Waals surface area contributed by atoms with E-state index < -0.39 is 0 Å². The zero-order chi connectivity index (χ0) is 9.14. The van der Waals surface area contributed by atoms with Crippen LogP contribution in [0.15, 0.2) is 0 Å². The Morgan fingerprint density at radius 2 is 2.08 bits per heavy atom. The zero-order valence-corrected chi connectivity index (χ0v) is 8.03. The molecule has 1 aliphatic rings. The molecule has 0 radical (unpaired) electrons. The maximum atomic E-state index is 9.59. The van der Waals surface area contributed by atoms with Crippen LogP contribution in [-0.2, 0) is 0 Å². The second-order valence-corrected chi connectivity index (χ2v) is 4.06. The van der Waals surface area contributed by atoms with Crippen LogP contribution in [0.2, 0.25) is 0 Å². The summed E-state index contributed by atoms with van der Waals surface area (Å²) in [4.78, 5) is 0. The summed E-state index contributed by atoms with van der Waals surface area (Å²) >= 11 is 0. The fourth-order valence-corrected chi connectivity index (χ4v) is 2.17. The SMILES string of the molecule is CCC1CCC(O)C(C(C)O)C1. The van der Waals surface area contributed by atoms with Gasteiger partial charge >= 0.3 is 0 Å². The van der Waals surface area contributed by atoms with E-state index in [0.717, 1.165) is 19.3 Å². The topological polar surface area (TPSA) is 40.5 Å². The van der Waals surface area contributed by atoms with E-state index in [1.54, 1.807) is 6.92 Å². The van der Waals surface area contributed by atoms with Crippen LogP contribution in [0.1, 0.15) is 39.5 Å². The van der Waals surface area contributed by atoms with Crippen LogP contribution in [0.5, 0.6) is 0 Å². The third kappa shape index (κ3) is 2.20. The number of aliphatic hydroxyl groups excluding tert-OH is 2. The van der Waals surface area contributed by atoms with Gasteiger partial charge in [0.2, 0.25) is 0 Å². The molecule has 0 heterocycles. The van der Waals surface area contributed by atoms with Crippen molar-refractivity contribution < 1.29 is 10.2 Å². The lowest BCUT2D eigenvalue weighted by Crippen LogP contribution is -2.35. The predicted octanol–water partition coefficient (Wildman–Crippen LogP) is 1.55. The molecule has 2 nitrogen and oxygen atoms in total. The first-order valence-electron chi connectivity index (χ1n) is 5.01. The van der Waals surface area contributed by atoms with Gasteiger partial charge in [0.25, 0.3) is 0 Å². The highest BCUT2D eigenvalue weighted by atomic mass is 16.3. The first kappa shape index (κ1) is 10.0. The van der Waals surface area contributed by atoms with E-state index in [4.69, 9.17) is 0 Å². The molecule has 0 amide bonds. The van der Waals surface area contributed by atoms with E-state index in [1.165, 1.54) is 6.42 Å². The van der Waals surface area contributed by atoms with Gasteiger partial charge in [-0.15, -0.1) is 0 Å². The molecule has 12 heavy (non-hydrogen) atoms. The molecular weight excluding hydrogens is 152 g/mol. The average molecular weight is 172 g/mol. The molecule has 0 spiro atoms. The largest absolute Gasteiger partial charge is 0.393 e. The van der Waals surface area contributed by atoms with Crippen LogP contribution in [0, 0.1) is 11.8 Å². The van der Waals surface area contributed by atoms with E-state index in [2.05, 4.69) is 6.92 Å². The molecule has 2 N–H and O–H groups in total. The van der Waals surface area contributed by atoms with Crippen molar-refractivity contribution in [1.82, 2.24) is 0 Å². The number of hydrogen-bond acceptors (Lipinski definition) is 2. The molecule has 2 heteroatoms. The summed E-state index contributed by atoms with van der Waals surface area (Å²) in [6.45, 7) is 3.97. The molecule has 4 atom stereocenters. The van der Waals surface area contributed by atoms with Crippen LogP contribution >= 0.6 is 0 Å². The lowest BCUT2D eigenvalue weighted by Gasteiger charge is -2.34. The van der Waals surface area contributed by atoms with Gasteiger partial charge in [-0.1, -0.05) is 13.3 Å². The molecule has 0 aromatic rings. The van der Waals surface area contributed by atoms with Gasteiger partial charge in [-0.2, -0.15) is 0 Å². The van der Waals surface area contributed by atoms with Crippen molar-refractivity contribution >= 4 is 0 Å². The fraction of sp³-hybridized carbons (Fsp3) is 1.00. The predicted molar refractivity (Wildman–Crippen MR) is 48.8 cm³/mol. The summed E-state index contributed by atoms with van der Waals surface area (Å²) < 4.78 is 0. The van der Waals surface area contributed by atoms with Gasteiger partial charge in [0, 0.05) is 5.92 Å². The summed E-state index contributed by atoms with van der Waals surface area (Å²) in [6.07, 6.45) is 3.54. The average Bonchev–Trinajstić information content (AvgIpc) is 2.05. The second-order valence-electron chi connectivity index (χ2n) is 4.06. The Hall–Kier alpha value is -0.0800. The number of hydrogen-bond donors (Lipinski definition) is 2. The Morgan fingerprint density at radius 3 is 2.58 bits per heavy atom. The molecule has 1 aliphatic carbocycles. The van der Waals surface area contributed by atoms with Gasteiger partial charge in [-0.3, -0.25) is 0 Å². The molecule has 0 bridgehead atoms. The van der Waals surface area contributed by atoms with Crippen molar-refractivity contribution in [1.29, 1.82) is 0 Å². The molecule has 4 unspecified atom stereocenters. The van der Waals surface area contributed by atoms with Crippen LogP contribution in [-0.4, -0.2) is 22.4 Å². The number of rotatable bonds is 2. The van der Waals surface area contributed by atoms with Crippen molar-refractivity contribution in [2.75, 3.05) is 0 Å². The van der Waals surface area contributed by atoms with Crippen molar-refractivity contribution in [2.45, 2.75) is 51.7 Å². The Labute approximate surface area is 74.6 Å². The van der Waals surface area contributed by atoms with Crippen molar-refractivity contribution in [2.24, 2.45) is 11.8 Å². The minimum absolute atomic E-state index is 0.115. The van der Waals surface area contributed by atoms with Gasteiger partial charge < -0.3 is 10.2 Å². The van der Waals surface area contributed by atoms with Gasteiger partial charge in [0.05, 0.1) is 12.2 Å². The first-order chi connectivity index (χ1) is 5.65. The minimum atomic E-state index is -0.352. The molecule has 0 aliphatic heterocycles. The Balaban J connectivity index is 2.47. The minimum Gasteiger partial charge on any atom is -0.393 e. The second kappa shape index (κ2) is 4.24. The molecular formula is C10H20O2. The molecule has 72 valence electrons. The Kier molecular flexibility index (Phi) is 3.53. The van der Waals surface area contributed by atoms with Gasteiger partial charge in [-0.05, 0) is 32.1 Å². The highest BCUT2D eigenvalue weighted by Crippen LogP contribution is 2.32. The van der Waals surface area contributed by atoms with Gasteiger partial charge in [0.15, 0.2) is 0 Å². The highest BCUT2D eigenvalue weighted by Gasteiger charge is 2.31. The molecule has 1 saturated carbocycles. The van der Waals surface area contributed by atoms with Crippen molar-refractivity contribution in [3.63, 3.8) is 0 Å². The third-order valence-electron chi connectivity index (χ3n) is 3.17. The molecule has 0 aromatic carbocycles. The lowest BCUT2D eigenvalue weighted by atomic mass is 9.76. The highest BCUT2D eigenvalue weighted by molar-refractivity contribution is 4.82. The maximum absolute atomic E-state index is 9.59. The van der Waals surface area contributed by atoms with E-state index >= 15 is 0 Å². The van der Waals surface area contributed by atoms with Crippen molar-refractivity contribution in [3.05, 3.63) is 0 Å².